The molecule has 4 atom stereocenters. The van der Waals surface area contributed by atoms with Crippen LogP contribution in [0.2, 0.25) is 0 Å². The molecule has 3 fully saturated rings. The molecule has 0 radical (unpaired) electrons. The van der Waals surface area contributed by atoms with E-state index in [1.165, 1.54) is 12.1 Å². The number of hydrogen-bond acceptors (Lipinski definition) is 8. The number of hydrogen-bond donors (Lipinski definition) is 3. The van der Waals surface area contributed by atoms with Crippen LogP contribution in [0.5, 0.6) is 0 Å². The van der Waals surface area contributed by atoms with Gasteiger partial charge in [-0.2, -0.15) is 0 Å². The SMILES string of the molecule is C[C@@H](NC(=O)C1CCOCC1)C(=O)N[C@@H](Cc1ccc(S(C)(=O)=O)cc1)C(=O)N[C@H](C=O)CC1CCCC1.C[C@@H]1CO1.[HH].[HH].[HH]. The van der Waals surface area contributed by atoms with E-state index in [2.05, 4.69) is 22.9 Å². The molecule has 0 spiro atoms. The number of amides is 3. The highest BCUT2D eigenvalue weighted by atomic mass is 32.2. The summed E-state index contributed by atoms with van der Waals surface area (Å²) in [6.07, 6.45) is 8.51. The first-order chi connectivity index (χ1) is 20.0. The molecule has 1 saturated carbocycles. The molecule has 0 bridgehead atoms. The Balaban J connectivity index is 0.00000256. The molecule has 3 N–H and O–H groups in total. The number of carbonyl (C=O) groups is 4. The van der Waals surface area contributed by atoms with E-state index in [1.807, 2.05) is 0 Å². The first kappa shape index (κ1) is 33.7. The van der Waals surface area contributed by atoms with E-state index >= 15 is 0 Å². The quantitative estimate of drug-likeness (QED) is 0.239. The van der Waals surface area contributed by atoms with Crippen LogP contribution in [0.1, 0.15) is 68.6 Å². The lowest BCUT2D eigenvalue weighted by atomic mass is 9.98. The Bertz CT molecular complexity index is 1170. The average Bonchev–Trinajstić information content (AvgIpc) is 3.58. The minimum absolute atomic E-state index is 0. The van der Waals surface area contributed by atoms with Crippen molar-refractivity contribution < 1.29 is 41.3 Å². The maximum absolute atomic E-state index is 13.3. The molecular weight excluding hydrogens is 562 g/mol. The van der Waals surface area contributed by atoms with Crippen LogP contribution in [0.4, 0.5) is 0 Å². The van der Waals surface area contributed by atoms with Crippen molar-refractivity contribution in [1.82, 2.24) is 16.0 Å². The summed E-state index contributed by atoms with van der Waals surface area (Å²) in [7, 11) is -3.38. The fraction of sp³-hybridized carbons (Fsp3) is 0.667. The highest BCUT2D eigenvalue weighted by Gasteiger charge is 2.29. The molecular formula is C30H51N3O8S. The maximum atomic E-state index is 13.3. The zero-order valence-electron chi connectivity index (χ0n) is 24.8. The van der Waals surface area contributed by atoms with Crippen molar-refractivity contribution in [2.24, 2.45) is 11.8 Å². The van der Waals surface area contributed by atoms with Gasteiger partial charge in [-0.05, 0) is 56.7 Å². The molecule has 1 aliphatic carbocycles. The van der Waals surface area contributed by atoms with Gasteiger partial charge in [-0.15, -0.1) is 0 Å². The number of ether oxygens (including phenoxy) is 2. The lowest BCUT2D eigenvalue weighted by Crippen LogP contribution is -2.55. The van der Waals surface area contributed by atoms with Crippen LogP contribution >= 0.6 is 0 Å². The Morgan fingerprint density at radius 1 is 1.00 bits per heavy atom. The van der Waals surface area contributed by atoms with E-state index < -0.39 is 39.8 Å². The zero-order chi connectivity index (χ0) is 30.7. The van der Waals surface area contributed by atoms with Crippen LogP contribution in [0.3, 0.4) is 0 Å². The van der Waals surface area contributed by atoms with E-state index in [0.29, 0.717) is 50.1 Å². The Labute approximate surface area is 253 Å². The fourth-order valence-electron chi connectivity index (χ4n) is 5.10. The van der Waals surface area contributed by atoms with Crippen molar-refractivity contribution in [2.45, 2.75) is 94.3 Å². The molecule has 42 heavy (non-hydrogen) atoms. The first-order valence-electron chi connectivity index (χ1n) is 14.8. The standard InChI is InChI=1S/C27H39N3O7S.C3H6O.3H2/c1-18(28-26(33)21-11-13-37-14-12-21)25(32)30-24(16-20-7-9-23(10-8-20)38(2,35)36)27(34)29-22(17-31)15-19-5-3-4-6-19;1-3-2-4-3;;;/h7-10,17-19,21-22,24H,3-6,11-16H2,1-2H3,(H,28,33)(H,29,34)(H,30,32);3H,2H2,1H3;3*1H/t18-,22+,24+;3-;;;/m11.../s1. The normalized spacial score (nSPS) is 21.2. The third-order valence-corrected chi connectivity index (χ3v) is 8.95. The molecule has 2 aliphatic heterocycles. The van der Waals surface area contributed by atoms with E-state index in [4.69, 9.17) is 9.47 Å². The predicted octanol–water partition coefficient (Wildman–Crippen LogP) is 2.46. The van der Waals surface area contributed by atoms with Crippen molar-refractivity contribution in [3.05, 3.63) is 29.8 Å². The number of rotatable bonds is 12. The predicted molar refractivity (Wildman–Crippen MR) is 163 cm³/mol. The summed E-state index contributed by atoms with van der Waals surface area (Å²) in [5.74, 6) is -1.12. The lowest BCUT2D eigenvalue weighted by Gasteiger charge is -2.25. The van der Waals surface area contributed by atoms with Gasteiger partial charge in [0.25, 0.3) is 0 Å². The highest BCUT2D eigenvalue weighted by Crippen LogP contribution is 2.28. The van der Waals surface area contributed by atoms with Gasteiger partial charge in [-0.1, -0.05) is 37.8 Å². The Kier molecular flexibility index (Phi) is 12.9. The second kappa shape index (κ2) is 16.1. The third kappa shape index (κ3) is 11.4. The minimum atomic E-state index is -3.38. The van der Waals surface area contributed by atoms with Gasteiger partial charge in [0.05, 0.1) is 23.6 Å². The summed E-state index contributed by atoms with van der Waals surface area (Å²) in [5.41, 5.74) is 0.634. The summed E-state index contributed by atoms with van der Waals surface area (Å²) >= 11 is 0. The summed E-state index contributed by atoms with van der Waals surface area (Å²) in [6, 6.07) is 3.51. The van der Waals surface area contributed by atoms with Crippen LogP contribution in [0, 0.1) is 11.8 Å². The van der Waals surface area contributed by atoms with E-state index in [9.17, 15) is 27.6 Å². The Morgan fingerprint density at radius 3 is 2.12 bits per heavy atom. The van der Waals surface area contributed by atoms with E-state index in [0.717, 1.165) is 44.8 Å². The topological polar surface area (TPSA) is 160 Å². The maximum Gasteiger partial charge on any atom is 0.243 e. The van der Waals surface area contributed by atoms with Gasteiger partial charge in [-0.25, -0.2) is 8.42 Å². The van der Waals surface area contributed by atoms with Crippen molar-refractivity contribution in [2.75, 3.05) is 26.1 Å². The van der Waals surface area contributed by atoms with Crippen LogP contribution in [-0.4, -0.2) is 82.7 Å². The zero-order valence-corrected chi connectivity index (χ0v) is 25.6. The van der Waals surface area contributed by atoms with Gasteiger partial charge in [0.1, 0.15) is 18.4 Å². The molecule has 0 unspecified atom stereocenters. The molecule has 11 nitrogen and oxygen atoms in total. The number of epoxide rings is 1. The van der Waals surface area contributed by atoms with E-state index in [1.54, 1.807) is 19.1 Å². The molecule has 1 aromatic rings. The van der Waals surface area contributed by atoms with Crippen molar-refractivity contribution in [3.8, 4) is 0 Å². The molecule has 0 aromatic heterocycles. The summed E-state index contributed by atoms with van der Waals surface area (Å²) in [6.45, 7) is 5.59. The van der Waals surface area contributed by atoms with Gasteiger partial charge in [0.15, 0.2) is 9.84 Å². The van der Waals surface area contributed by atoms with Crippen LogP contribution in [0.25, 0.3) is 0 Å². The van der Waals surface area contributed by atoms with Gasteiger partial charge < -0.3 is 30.2 Å². The molecule has 2 heterocycles. The van der Waals surface area contributed by atoms with Crippen LogP contribution < -0.4 is 16.0 Å². The van der Waals surface area contributed by atoms with E-state index in [-0.39, 0.29) is 27.4 Å². The molecule has 2 saturated heterocycles. The molecule has 240 valence electrons. The number of nitrogens with one attached hydrogen (secondary N) is 3. The number of sulfone groups is 1. The van der Waals surface area contributed by atoms with Gasteiger partial charge >= 0.3 is 0 Å². The second-order valence-corrected chi connectivity index (χ2v) is 13.6. The van der Waals surface area contributed by atoms with Crippen LogP contribution in [0.15, 0.2) is 29.2 Å². The molecule has 4 rings (SSSR count). The van der Waals surface area contributed by atoms with Gasteiger partial charge in [-0.3, -0.25) is 14.4 Å². The van der Waals surface area contributed by atoms with Gasteiger partial charge in [0.2, 0.25) is 17.7 Å². The first-order valence-corrected chi connectivity index (χ1v) is 16.7. The molecule has 12 heteroatoms. The number of benzene rings is 1. The summed E-state index contributed by atoms with van der Waals surface area (Å²) in [4.78, 5) is 50.7. The molecule has 3 amide bonds. The Hall–Kier alpha value is -2.83. The summed E-state index contributed by atoms with van der Waals surface area (Å²) < 4.78 is 33.6. The van der Waals surface area contributed by atoms with Crippen molar-refractivity contribution >= 4 is 33.8 Å². The highest BCUT2D eigenvalue weighted by molar-refractivity contribution is 7.90. The largest absolute Gasteiger partial charge is 0.381 e. The van der Waals surface area contributed by atoms with Gasteiger partial charge in [0, 0.05) is 36.1 Å². The fourth-order valence-corrected chi connectivity index (χ4v) is 5.73. The van der Waals surface area contributed by atoms with Crippen molar-refractivity contribution in [3.63, 3.8) is 0 Å². The second-order valence-electron chi connectivity index (χ2n) is 11.6. The molecule has 1 aromatic carbocycles. The lowest BCUT2D eigenvalue weighted by molar-refractivity contribution is -0.134. The smallest absolute Gasteiger partial charge is 0.243 e. The monoisotopic (exact) mass is 613 g/mol. The van der Waals surface area contributed by atoms with Crippen molar-refractivity contribution in [1.29, 1.82) is 0 Å². The number of carbonyl (C=O) groups excluding carboxylic acids is 4. The minimum Gasteiger partial charge on any atom is -0.381 e. The average molecular weight is 614 g/mol. The number of aldehydes is 1. The summed E-state index contributed by atoms with van der Waals surface area (Å²) in [5, 5.41) is 8.20. The Morgan fingerprint density at radius 2 is 1.60 bits per heavy atom. The third-order valence-electron chi connectivity index (χ3n) is 7.82. The molecule has 3 aliphatic rings. The van der Waals surface area contributed by atoms with Crippen LogP contribution in [-0.2, 0) is 44.9 Å².